The molecule has 0 aliphatic rings. The van der Waals surface area contributed by atoms with Crippen LogP contribution >= 0.6 is 0 Å². The summed E-state index contributed by atoms with van der Waals surface area (Å²) >= 11 is 0. The van der Waals surface area contributed by atoms with Gasteiger partial charge in [0.2, 0.25) is 0 Å². The van der Waals surface area contributed by atoms with Crippen LogP contribution in [0.25, 0.3) is 0 Å². The first-order valence-corrected chi connectivity index (χ1v) is 6.21. The Labute approximate surface area is 115 Å². The van der Waals surface area contributed by atoms with E-state index in [-0.39, 0.29) is 25.6 Å². The lowest BCUT2D eigenvalue weighted by molar-refractivity contribution is 0.0177. The minimum Gasteiger partial charge on any atom is -0.491 e. The van der Waals surface area contributed by atoms with Gasteiger partial charge in [0.1, 0.15) is 30.9 Å². The number of benzene rings is 1. The van der Waals surface area contributed by atoms with Gasteiger partial charge in [-0.05, 0) is 24.3 Å². The first kappa shape index (κ1) is 16.7. The predicted molar refractivity (Wildman–Crippen MR) is 67.6 cm³/mol. The monoisotopic (exact) mass is 293 g/mol. The third kappa shape index (κ3) is 7.98. The molecule has 2 N–H and O–H groups in total. The van der Waals surface area contributed by atoms with Crippen molar-refractivity contribution in [2.45, 2.75) is 12.5 Å². The van der Waals surface area contributed by atoms with Crippen molar-refractivity contribution in [2.75, 3.05) is 32.9 Å². The summed E-state index contributed by atoms with van der Waals surface area (Å²) in [5, 5.41) is 12.4. The van der Waals surface area contributed by atoms with Crippen LogP contribution in [-0.4, -0.2) is 50.5 Å². The van der Waals surface area contributed by atoms with Gasteiger partial charge in [0.25, 0.3) is 6.43 Å². The molecule has 1 atom stereocenters. The summed E-state index contributed by atoms with van der Waals surface area (Å²) in [5.74, 6) is 0.106. The minimum atomic E-state index is -2.47. The van der Waals surface area contributed by atoms with Crippen LogP contribution in [0.3, 0.4) is 0 Å². The molecule has 0 amide bonds. The molecule has 0 saturated heterocycles. The molecule has 0 saturated carbocycles. The largest absolute Gasteiger partial charge is 0.491 e. The fourth-order valence-corrected chi connectivity index (χ4v) is 1.37. The molecule has 0 heterocycles. The van der Waals surface area contributed by atoms with Gasteiger partial charge in [-0.3, -0.25) is 0 Å². The second-order valence-electron chi connectivity index (χ2n) is 4.09. The molecule has 0 fully saturated rings. The number of hydrogen-bond donors (Lipinski definition) is 2. The fourth-order valence-electron chi connectivity index (χ4n) is 1.37. The highest BCUT2D eigenvalue weighted by Gasteiger charge is 2.05. The van der Waals surface area contributed by atoms with Crippen LogP contribution in [0.2, 0.25) is 0 Å². The van der Waals surface area contributed by atoms with Gasteiger partial charge in [-0.2, -0.15) is 0 Å². The lowest BCUT2D eigenvalue weighted by Gasteiger charge is -2.13. The number of nitrogens with one attached hydrogen (secondary N) is 1. The molecule has 1 aromatic carbocycles. The normalized spacial score (nSPS) is 12.7. The summed E-state index contributed by atoms with van der Waals surface area (Å²) in [6.07, 6.45) is -3.22. The van der Waals surface area contributed by atoms with E-state index in [9.17, 15) is 18.3 Å². The van der Waals surface area contributed by atoms with Crippen molar-refractivity contribution in [2.24, 2.45) is 0 Å². The molecule has 0 aromatic heterocycles. The molecule has 0 bridgehead atoms. The number of hydrogen-bond acceptors (Lipinski definition) is 4. The Morgan fingerprint density at radius 2 is 1.85 bits per heavy atom. The van der Waals surface area contributed by atoms with Crippen molar-refractivity contribution in [1.29, 1.82) is 0 Å². The zero-order valence-electron chi connectivity index (χ0n) is 10.9. The molecular formula is C13H18F3NO3. The van der Waals surface area contributed by atoms with Crippen LogP contribution in [0.1, 0.15) is 0 Å². The van der Waals surface area contributed by atoms with Crippen LogP contribution in [-0.2, 0) is 4.74 Å². The number of aliphatic hydroxyl groups is 1. The maximum atomic E-state index is 12.6. The van der Waals surface area contributed by atoms with Crippen molar-refractivity contribution in [3.8, 4) is 5.75 Å². The standard InChI is InChI=1S/C13H18F3NO3/c14-10-1-3-12(4-2-10)20-8-11(18)7-17-5-6-19-9-13(15)16/h1-4,11,13,17-18H,5-9H2. The molecule has 0 aliphatic carbocycles. The molecule has 20 heavy (non-hydrogen) atoms. The van der Waals surface area contributed by atoms with Crippen molar-refractivity contribution in [3.05, 3.63) is 30.1 Å². The highest BCUT2D eigenvalue weighted by atomic mass is 19.3. The van der Waals surface area contributed by atoms with E-state index in [2.05, 4.69) is 10.1 Å². The van der Waals surface area contributed by atoms with Gasteiger partial charge in [-0.15, -0.1) is 0 Å². The van der Waals surface area contributed by atoms with E-state index in [1.165, 1.54) is 24.3 Å². The van der Waals surface area contributed by atoms with E-state index in [1.54, 1.807) is 0 Å². The number of ether oxygens (including phenoxy) is 2. The average Bonchev–Trinajstić information content (AvgIpc) is 2.41. The second-order valence-corrected chi connectivity index (χ2v) is 4.09. The number of halogens is 3. The molecule has 114 valence electrons. The summed E-state index contributed by atoms with van der Waals surface area (Å²) in [6.45, 7) is 0.226. The van der Waals surface area contributed by atoms with E-state index < -0.39 is 19.1 Å². The number of aliphatic hydroxyl groups excluding tert-OH is 1. The quantitative estimate of drug-likeness (QED) is 0.641. The van der Waals surface area contributed by atoms with Gasteiger partial charge in [-0.1, -0.05) is 0 Å². The Morgan fingerprint density at radius 1 is 1.15 bits per heavy atom. The Morgan fingerprint density at radius 3 is 2.50 bits per heavy atom. The highest BCUT2D eigenvalue weighted by Crippen LogP contribution is 2.11. The van der Waals surface area contributed by atoms with E-state index in [1.807, 2.05) is 0 Å². The smallest absolute Gasteiger partial charge is 0.261 e. The molecule has 1 rings (SSSR count). The summed E-state index contributed by atoms with van der Waals surface area (Å²) in [6, 6.07) is 5.46. The maximum Gasteiger partial charge on any atom is 0.261 e. The number of alkyl halides is 2. The fraction of sp³-hybridized carbons (Fsp3) is 0.538. The molecule has 0 spiro atoms. The molecule has 4 nitrogen and oxygen atoms in total. The Balaban J connectivity index is 2.03. The lowest BCUT2D eigenvalue weighted by atomic mass is 10.3. The van der Waals surface area contributed by atoms with Gasteiger partial charge >= 0.3 is 0 Å². The van der Waals surface area contributed by atoms with Gasteiger partial charge in [-0.25, -0.2) is 13.2 Å². The topological polar surface area (TPSA) is 50.7 Å². The Bertz CT molecular complexity index is 362. The predicted octanol–water partition coefficient (Wildman–Crippen LogP) is 1.44. The summed E-state index contributed by atoms with van der Waals surface area (Å²) in [5.41, 5.74) is 0. The molecule has 1 aromatic rings. The van der Waals surface area contributed by atoms with Crippen molar-refractivity contribution >= 4 is 0 Å². The van der Waals surface area contributed by atoms with Crippen LogP contribution in [0, 0.1) is 5.82 Å². The van der Waals surface area contributed by atoms with Crippen molar-refractivity contribution < 1.29 is 27.8 Å². The van der Waals surface area contributed by atoms with Crippen LogP contribution in [0.5, 0.6) is 5.75 Å². The average molecular weight is 293 g/mol. The van der Waals surface area contributed by atoms with Gasteiger partial charge in [0.05, 0.1) is 6.61 Å². The van der Waals surface area contributed by atoms with Crippen molar-refractivity contribution in [1.82, 2.24) is 5.32 Å². The van der Waals surface area contributed by atoms with Gasteiger partial charge in [0.15, 0.2) is 0 Å². The molecule has 0 radical (unpaired) electrons. The maximum absolute atomic E-state index is 12.6. The molecule has 1 unspecified atom stereocenters. The molecular weight excluding hydrogens is 275 g/mol. The Hall–Kier alpha value is -1.31. The molecule has 7 heteroatoms. The first-order valence-electron chi connectivity index (χ1n) is 6.21. The third-order valence-corrected chi connectivity index (χ3v) is 2.30. The second kappa shape index (κ2) is 9.57. The minimum absolute atomic E-state index is 0.0521. The summed E-state index contributed by atoms with van der Waals surface area (Å²) < 4.78 is 46.0. The first-order chi connectivity index (χ1) is 9.58. The van der Waals surface area contributed by atoms with Crippen LogP contribution in [0.15, 0.2) is 24.3 Å². The Kier molecular flexibility index (Phi) is 8.01. The van der Waals surface area contributed by atoms with E-state index >= 15 is 0 Å². The SMILES string of the molecule is OC(CNCCOCC(F)F)COc1ccc(F)cc1. The van der Waals surface area contributed by atoms with E-state index in [4.69, 9.17) is 4.74 Å². The zero-order valence-corrected chi connectivity index (χ0v) is 10.9. The lowest BCUT2D eigenvalue weighted by Crippen LogP contribution is -2.33. The summed E-state index contributed by atoms with van der Waals surface area (Å²) in [4.78, 5) is 0. The highest BCUT2D eigenvalue weighted by molar-refractivity contribution is 5.22. The molecule has 0 aliphatic heterocycles. The van der Waals surface area contributed by atoms with Crippen LogP contribution < -0.4 is 10.1 Å². The summed E-state index contributed by atoms with van der Waals surface area (Å²) in [7, 11) is 0. The third-order valence-electron chi connectivity index (χ3n) is 2.30. The zero-order chi connectivity index (χ0) is 14.8. The van der Waals surface area contributed by atoms with E-state index in [0.717, 1.165) is 0 Å². The van der Waals surface area contributed by atoms with Crippen molar-refractivity contribution in [3.63, 3.8) is 0 Å². The van der Waals surface area contributed by atoms with Crippen LogP contribution in [0.4, 0.5) is 13.2 Å². The van der Waals surface area contributed by atoms with E-state index in [0.29, 0.717) is 12.3 Å². The van der Waals surface area contributed by atoms with Gasteiger partial charge < -0.3 is 19.9 Å². The number of rotatable bonds is 10. The van der Waals surface area contributed by atoms with Gasteiger partial charge in [0, 0.05) is 13.1 Å².